The van der Waals surface area contributed by atoms with Gasteiger partial charge < -0.3 is 10.1 Å². The number of nitriles is 1. The van der Waals surface area contributed by atoms with E-state index in [1.54, 1.807) is 0 Å². The van der Waals surface area contributed by atoms with Crippen molar-refractivity contribution >= 4 is 5.69 Å². The van der Waals surface area contributed by atoms with Gasteiger partial charge in [-0.2, -0.15) is 5.26 Å². The van der Waals surface area contributed by atoms with Crippen molar-refractivity contribution in [1.29, 1.82) is 5.26 Å². The number of anilines is 1. The predicted octanol–water partition coefficient (Wildman–Crippen LogP) is 1.63. The fourth-order valence-electron chi connectivity index (χ4n) is 2.10. The van der Waals surface area contributed by atoms with Crippen LogP contribution >= 0.6 is 0 Å². The van der Waals surface area contributed by atoms with Crippen LogP contribution in [0.4, 0.5) is 5.69 Å². The van der Waals surface area contributed by atoms with Crippen molar-refractivity contribution in [3.05, 3.63) is 24.0 Å². The summed E-state index contributed by atoms with van der Waals surface area (Å²) in [5, 5.41) is 12.2. The SMILES string of the molecule is CCCNc1ccnc(CN2CCOC(C#N)C2)c1. The molecule has 1 N–H and O–H groups in total. The number of nitrogens with zero attached hydrogens (tertiary/aromatic N) is 3. The zero-order chi connectivity index (χ0) is 13.5. The standard InChI is InChI=1S/C14H20N4O/c1-2-4-16-12-3-5-17-13(8-12)10-18-6-7-19-14(9-15)11-18/h3,5,8,14H,2,4,6-7,10-11H2,1H3,(H,16,17). The molecule has 0 saturated carbocycles. The number of nitrogens with one attached hydrogen (secondary N) is 1. The zero-order valence-corrected chi connectivity index (χ0v) is 11.3. The van der Waals surface area contributed by atoms with Crippen LogP contribution in [0.1, 0.15) is 19.0 Å². The van der Waals surface area contributed by atoms with E-state index in [2.05, 4.69) is 34.3 Å². The molecule has 0 bridgehead atoms. The van der Waals surface area contributed by atoms with Gasteiger partial charge in [-0.25, -0.2) is 0 Å². The summed E-state index contributed by atoms with van der Waals surface area (Å²) in [6.45, 7) is 6.01. The first-order valence-corrected chi connectivity index (χ1v) is 6.74. The molecule has 5 nitrogen and oxygen atoms in total. The Morgan fingerprint density at radius 3 is 3.32 bits per heavy atom. The van der Waals surface area contributed by atoms with Gasteiger partial charge >= 0.3 is 0 Å². The Labute approximate surface area is 114 Å². The molecule has 5 heteroatoms. The van der Waals surface area contributed by atoms with E-state index in [1.807, 2.05) is 12.3 Å². The van der Waals surface area contributed by atoms with E-state index in [1.165, 1.54) is 0 Å². The minimum Gasteiger partial charge on any atom is -0.385 e. The average molecular weight is 260 g/mol. The van der Waals surface area contributed by atoms with Gasteiger partial charge in [0.05, 0.1) is 18.4 Å². The Morgan fingerprint density at radius 1 is 1.63 bits per heavy atom. The molecule has 2 heterocycles. The molecular formula is C14H20N4O. The molecule has 0 amide bonds. The molecule has 1 aromatic heterocycles. The summed E-state index contributed by atoms with van der Waals surface area (Å²) in [5.74, 6) is 0. The second-order valence-corrected chi connectivity index (χ2v) is 4.69. The average Bonchev–Trinajstić information content (AvgIpc) is 2.46. The lowest BCUT2D eigenvalue weighted by Gasteiger charge is -2.29. The fourth-order valence-corrected chi connectivity index (χ4v) is 2.10. The van der Waals surface area contributed by atoms with Gasteiger partial charge in [-0.3, -0.25) is 9.88 Å². The van der Waals surface area contributed by atoms with Crippen molar-refractivity contribution in [1.82, 2.24) is 9.88 Å². The third-order valence-electron chi connectivity index (χ3n) is 3.08. The Hall–Kier alpha value is -1.64. The lowest BCUT2D eigenvalue weighted by molar-refractivity contribution is -0.00311. The molecule has 1 fully saturated rings. The van der Waals surface area contributed by atoms with Crippen LogP contribution in [0.5, 0.6) is 0 Å². The number of aromatic nitrogens is 1. The highest BCUT2D eigenvalue weighted by atomic mass is 16.5. The lowest BCUT2D eigenvalue weighted by atomic mass is 10.2. The minimum atomic E-state index is -0.310. The van der Waals surface area contributed by atoms with Crippen LogP contribution in [0.25, 0.3) is 0 Å². The molecule has 0 aliphatic carbocycles. The van der Waals surface area contributed by atoms with Gasteiger partial charge in [-0.05, 0) is 18.6 Å². The summed E-state index contributed by atoms with van der Waals surface area (Å²) in [5.41, 5.74) is 2.14. The molecule has 1 saturated heterocycles. The second kappa shape index (κ2) is 7.07. The molecule has 19 heavy (non-hydrogen) atoms. The van der Waals surface area contributed by atoms with Crippen molar-refractivity contribution in [2.45, 2.75) is 26.0 Å². The number of morpholine rings is 1. The van der Waals surface area contributed by atoms with Gasteiger partial charge in [-0.15, -0.1) is 0 Å². The monoisotopic (exact) mass is 260 g/mol. The highest BCUT2D eigenvalue weighted by Gasteiger charge is 2.20. The van der Waals surface area contributed by atoms with Crippen molar-refractivity contribution in [2.75, 3.05) is 31.6 Å². The summed E-state index contributed by atoms with van der Waals surface area (Å²) < 4.78 is 5.34. The Bertz CT molecular complexity index is 443. The molecule has 2 rings (SSSR count). The molecule has 1 aliphatic heterocycles. The van der Waals surface area contributed by atoms with Crippen LogP contribution in [0.3, 0.4) is 0 Å². The summed E-state index contributed by atoms with van der Waals surface area (Å²) >= 11 is 0. The van der Waals surface area contributed by atoms with Crippen molar-refractivity contribution in [3.63, 3.8) is 0 Å². The Kier molecular flexibility index (Phi) is 5.13. The summed E-state index contributed by atoms with van der Waals surface area (Å²) in [4.78, 5) is 6.60. The minimum absolute atomic E-state index is 0.310. The van der Waals surface area contributed by atoms with Crippen LogP contribution in [-0.4, -0.2) is 42.2 Å². The van der Waals surface area contributed by atoms with Gasteiger partial charge in [0, 0.05) is 38.1 Å². The van der Waals surface area contributed by atoms with Gasteiger partial charge in [0.15, 0.2) is 6.10 Å². The number of hydrogen-bond donors (Lipinski definition) is 1. The predicted molar refractivity (Wildman–Crippen MR) is 73.6 cm³/mol. The zero-order valence-electron chi connectivity index (χ0n) is 11.3. The summed E-state index contributed by atoms with van der Waals surface area (Å²) in [6.07, 6.45) is 2.62. The Balaban J connectivity index is 1.93. The van der Waals surface area contributed by atoms with E-state index in [0.717, 1.165) is 37.4 Å². The van der Waals surface area contributed by atoms with E-state index in [0.29, 0.717) is 13.2 Å². The Morgan fingerprint density at radius 2 is 2.53 bits per heavy atom. The summed E-state index contributed by atoms with van der Waals surface area (Å²) in [7, 11) is 0. The smallest absolute Gasteiger partial charge is 0.156 e. The van der Waals surface area contributed by atoms with Crippen LogP contribution in [0, 0.1) is 11.3 Å². The number of hydrogen-bond acceptors (Lipinski definition) is 5. The molecule has 1 aliphatic rings. The first-order chi connectivity index (χ1) is 9.31. The maximum Gasteiger partial charge on any atom is 0.156 e. The third kappa shape index (κ3) is 4.19. The van der Waals surface area contributed by atoms with Crippen molar-refractivity contribution in [3.8, 4) is 6.07 Å². The molecule has 102 valence electrons. The normalized spacial score (nSPS) is 19.9. The maximum atomic E-state index is 8.89. The molecule has 1 aromatic rings. The van der Waals surface area contributed by atoms with Gasteiger partial charge in [0.1, 0.15) is 0 Å². The first-order valence-electron chi connectivity index (χ1n) is 6.74. The largest absolute Gasteiger partial charge is 0.385 e. The van der Waals surface area contributed by atoms with Gasteiger partial charge in [0.2, 0.25) is 0 Å². The molecule has 0 radical (unpaired) electrons. The molecule has 1 unspecified atom stereocenters. The van der Waals surface area contributed by atoms with E-state index in [4.69, 9.17) is 10.00 Å². The highest BCUT2D eigenvalue weighted by molar-refractivity contribution is 5.43. The fraction of sp³-hybridized carbons (Fsp3) is 0.571. The van der Waals surface area contributed by atoms with E-state index in [-0.39, 0.29) is 6.10 Å². The summed E-state index contributed by atoms with van der Waals surface area (Å²) in [6, 6.07) is 6.22. The first kappa shape index (κ1) is 13.8. The van der Waals surface area contributed by atoms with Crippen molar-refractivity contribution < 1.29 is 4.74 Å². The van der Waals surface area contributed by atoms with Crippen LogP contribution < -0.4 is 5.32 Å². The van der Waals surface area contributed by atoms with Crippen molar-refractivity contribution in [2.24, 2.45) is 0 Å². The highest BCUT2D eigenvalue weighted by Crippen LogP contribution is 2.12. The lowest BCUT2D eigenvalue weighted by Crippen LogP contribution is -2.41. The number of pyridine rings is 1. The number of rotatable bonds is 5. The molecule has 0 spiro atoms. The maximum absolute atomic E-state index is 8.89. The molecule has 1 atom stereocenters. The quantitative estimate of drug-likeness (QED) is 0.872. The van der Waals surface area contributed by atoms with Crippen LogP contribution in [-0.2, 0) is 11.3 Å². The molecule has 0 aromatic carbocycles. The van der Waals surface area contributed by atoms with Gasteiger partial charge in [0.25, 0.3) is 0 Å². The third-order valence-corrected chi connectivity index (χ3v) is 3.08. The van der Waals surface area contributed by atoms with Crippen LogP contribution in [0.2, 0.25) is 0 Å². The van der Waals surface area contributed by atoms with Crippen LogP contribution in [0.15, 0.2) is 18.3 Å². The topological polar surface area (TPSA) is 61.2 Å². The molecular weight excluding hydrogens is 240 g/mol. The number of ether oxygens (including phenoxy) is 1. The van der Waals surface area contributed by atoms with Gasteiger partial charge in [-0.1, -0.05) is 6.92 Å². The van der Waals surface area contributed by atoms with E-state index < -0.39 is 0 Å². The van der Waals surface area contributed by atoms with E-state index in [9.17, 15) is 0 Å². The second-order valence-electron chi connectivity index (χ2n) is 4.69. The van der Waals surface area contributed by atoms with E-state index >= 15 is 0 Å².